The monoisotopic (exact) mass is 324 g/mol. The molecule has 0 radical (unpaired) electrons. The number of anilines is 1. The molecule has 0 amide bonds. The van der Waals surface area contributed by atoms with Crippen molar-refractivity contribution in [2.75, 3.05) is 11.9 Å². The lowest BCUT2D eigenvalue weighted by Crippen LogP contribution is -2.30. The van der Waals surface area contributed by atoms with Gasteiger partial charge in [-0.1, -0.05) is 59.6 Å². The Hall–Kier alpha value is -1.29. The molecule has 2 aromatic rings. The van der Waals surface area contributed by atoms with Crippen LogP contribution in [0.1, 0.15) is 5.56 Å². The molecule has 104 valence electrons. The van der Waals surface area contributed by atoms with E-state index in [-0.39, 0.29) is 0 Å². The minimum absolute atomic E-state index is 0.473. The smallest absolute Gasteiger partial charge is 0.170 e. The van der Waals surface area contributed by atoms with E-state index in [1.807, 2.05) is 30.3 Å². The van der Waals surface area contributed by atoms with Gasteiger partial charge < -0.3 is 10.6 Å². The van der Waals surface area contributed by atoms with Crippen molar-refractivity contribution in [2.24, 2.45) is 0 Å². The molecule has 0 heterocycles. The summed E-state index contributed by atoms with van der Waals surface area (Å²) in [6.07, 6.45) is 0.909. The number of hydrogen-bond acceptors (Lipinski definition) is 1. The zero-order chi connectivity index (χ0) is 14.4. The highest BCUT2D eigenvalue weighted by molar-refractivity contribution is 7.80. The van der Waals surface area contributed by atoms with Crippen LogP contribution in [0.3, 0.4) is 0 Å². The van der Waals surface area contributed by atoms with E-state index >= 15 is 0 Å². The third kappa shape index (κ3) is 4.37. The Labute approximate surface area is 134 Å². The molecule has 0 aliphatic heterocycles. The van der Waals surface area contributed by atoms with E-state index in [4.69, 9.17) is 35.4 Å². The Kier molecular flexibility index (Phi) is 5.65. The van der Waals surface area contributed by atoms with Gasteiger partial charge in [0.25, 0.3) is 0 Å². The molecule has 0 saturated carbocycles. The van der Waals surface area contributed by atoms with Crippen LogP contribution in [-0.2, 0) is 6.42 Å². The van der Waals surface area contributed by atoms with Crippen LogP contribution in [0.4, 0.5) is 5.69 Å². The molecule has 2 nitrogen and oxygen atoms in total. The second kappa shape index (κ2) is 7.48. The lowest BCUT2D eigenvalue weighted by atomic mass is 10.1. The van der Waals surface area contributed by atoms with Gasteiger partial charge in [-0.15, -0.1) is 0 Å². The number of thiocarbonyl (C=S) groups is 1. The van der Waals surface area contributed by atoms with Crippen molar-refractivity contribution in [3.63, 3.8) is 0 Å². The predicted octanol–water partition coefficient (Wildman–Crippen LogP) is 4.52. The minimum atomic E-state index is 0.473. The Bertz CT molecular complexity index is 588. The van der Waals surface area contributed by atoms with E-state index in [2.05, 4.69) is 22.8 Å². The van der Waals surface area contributed by atoms with Crippen molar-refractivity contribution in [3.05, 3.63) is 64.1 Å². The number of benzene rings is 2. The summed E-state index contributed by atoms with van der Waals surface area (Å²) < 4.78 is 0. The maximum Gasteiger partial charge on any atom is 0.170 e. The van der Waals surface area contributed by atoms with Crippen molar-refractivity contribution >= 4 is 46.2 Å². The highest BCUT2D eigenvalue weighted by Crippen LogP contribution is 2.29. The van der Waals surface area contributed by atoms with Crippen molar-refractivity contribution in [1.82, 2.24) is 5.32 Å². The summed E-state index contributed by atoms with van der Waals surface area (Å²) in [6, 6.07) is 15.6. The topological polar surface area (TPSA) is 24.1 Å². The van der Waals surface area contributed by atoms with Gasteiger partial charge in [-0.2, -0.15) is 0 Å². The first kappa shape index (κ1) is 15.1. The normalized spacial score (nSPS) is 10.1. The molecule has 0 aliphatic carbocycles. The molecule has 5 heteroatoms. The van der Waals surface area contributed by atoms with E-state index in [0.29, 0.717) is 20.8 Å². The maximum atomic E-state index is 6.09. The molecule has 0 saturated heterocycles. The molecule has 0 bridgehead atoms. The van der Waals surface area contributed by atoms with Crippen LogP contribution < -0.4 is 10.6 Å². The molecule has 2 rings (SSSR count). The highest BCUT2D eigenvalue weighted by atomic mass is 35.5. The molecular weight excluding hydrogens is 311 g/mol. The van der Waals surface area contributed by atoms with Gasteiger partial charge in [0.2, 0.25) is 0 Å². The van der Waals surface area contributed by atoms with E-state index in [9.17, 15) is 0 Å². The first-order valence-electron chi connectivity index (χ1n) is 6.19. The van der Waals surface area contributed by atoms with Gasteiger partial charge in [-0.25, -0.2) is 0 Å². The molecule has 0 spiro atoms. The molecule has 2 aromatic carbocycles. The summed E-state index contributed by atoms with van der Waals surface area (Å²) in [6.45, 7) is 0.758. The van der Waals surface area contributed by atoms with E-state index in [0.717, 1.165) is 13.0 Å². The summed E-state index contributed by atoms with van der Waals surface area (Å²) in [5.41, 5.74) is 1.97. The summed E-state index contributed by atoms with van der Waals surface area (Å²) >= 11 is 17.3. The van der Waals surface area contributed by atoms with Crippen LogP contribution >= 0.6 is 35.4 Å². The lowest BCUT2D eigenvalue weighted by Gasteiger charge is -2.12. The largest absolute Gasteiger partial charge is 0.362 e. The van der Waals surface area contributed by atoms with Gasteiger partial charge in [0.05, 0.1) is 15.7 Å². The first-order chi connectivity index (χ1) is 9.66. The third-order valence-electron chi connectivity index (χ3n) is 2.74. The molecule has 0 atom stereocenters. The number of rotatable bonds is 4. The van der Waals surface area contributed by atoms with E-state index in [1.165, 1.54) is 5.56 Å². The molecule has 0 fully saturated rings. The lowest BCUT2D eigenvalue weighted by molar-refractivity contribution is 0.873. The first-order valence-corrected chi connectivity index (χ1v) is 7.36. The second-order valence-corrected chi connectivity index (χ2v) is 5.41. The van der Waals surface area contributed by atoms with Crippen molar-refractivity contribution < 1.29 is 0 Å². The van der Waals surface area contributed by atoms with Crippen LogP contribution in [-0.4, -0.2) is 11.7 Å². The van der Waals surface area contributed by atoms with Crippen LogP contribution in [0, 0.1) is 0 Å². The zero-order valence-electron chi connectivity index (χ0n) is 10.7. The number of nitrogens with one attached hydrogen (secondary N) is 2. The Morgan fingerprint density at radius 3 is 2.50 bits per heavy atom. The summed E-state index contributed by atoms with van der Waals surface area (Å²) in [5, 5.41) is 7.70. The molecule has 20 heavy (non-hydrogen) atoms. The standard InChI is InChI=1S/C15H14Cl2N2S/c16-12-7-4-8-13(14(12)17)19-15(20)18-10-9-11-5-2-1-3-6-11/h1-8H,9-10H2,(H2,18,19,20). The summed E-state index contributed by atoms with van der Waals surface area (Å²) in [4.78, 5) is 0. The van der Waals surface area contributed by atoms with E-state index in [1.54, 1.807) is 6.07 Å². The minimum Gasteiger partial charge on any atom is -0.362 e. The fourth-order valence-electron chi connectivity index (χ4n) is 1.73. The maximum absolute atomic E-state index is 6.09. The van der Waals surface area contributed by atoms with Gasteiger partial charge in [0, 0.05) is 6.54 Å². The van der Waals surface area contributed by atoms with Crippen molar-refractivity contribution in [2.45, 2.75) is 6.42 Å². The fourth-order valence-corrected chi connectivity index (χ4v) is 2.29. The van der Waals surface area contributed by atoms with Crippen LogP contribution in [0.15, 0.2) is 48.5 Å². The molecular formula is C15H14Cl2N2S. The Balaban J connectivity index is 1.82. The van der Waals surface area contributed by atoms with E-state index < -0.39 is 0 Å². The SMILES string of the molecule is S=C(NCCc1ccccc1)Nc1cccc(Cl)c1Cl. The van der Waals surface area contributed by atoms with Gasteiger partial charge in [-0.05, 0) is 36.3 Å². The quantitative estimate of drug-likeness (QED) is 0.808. The van der Waals surface area contributed by atoms with Crippen molar-refractivity contribution in [3.8, 4) is 0 Å². The number of hydrogen-bond donors (Lipinski definition) is 2. The Morgan fingerprint density at radius 2 is 1.75 bits per heavy atom. The van der Waals surface area contributed by atoms with Gasteiger partial charge in [0.1, 0.15) is 0 Å². The molecule has 2 N–H and O–H groups in total. The molecule has 0 aromatic heterocycles. The molecule has 0 aliphatic rings. The van der Waals surface area contributed by atoms with Crippen LogP contribution in [0.25, 0.3) is 0 Å². The fraction of sp³-hybridized carbons (Fsp3) is 0.133. The summed E-state index contributed by atoms with van der Waals surface area (Å²) in [7, 11) is 0. The van der Waals surface area contributed by atoms with Crippen LogP contribution in [0.2, 0.25) is 10.0 Å². The highest BCUT2D eigenvalue weighted by Gasteiger charge is 2.05. The number of halogens is 2. The van der Waals surface area contributed by atoms with Gasteiger partial charge >= 0.3 is 0 Å². The Morgan fingerprint density at radius 1 is 1.00 bits per heavy atom. The predicted molar refractivity (Wildman–Crippen MR) is 90.8 cm³/mol. The van der Waals surface area contributed by atoms with Gasteiger partial charge in [0.15, 0.2) is 5.11 Å². The summed E-state index contributed by atoms with van der Waals surface area (Å²) in [5.74, 6) is 0. The van der Waals surface area contributed by atoms with Crippen molar-refractivity contribution in [1.29, 1.82) is 0 Å². The molecule has 0 unspecified atom stereocenters. The van der Waals surface area contributed by atoms with Crippen LogP contribution in [0.5, 0.6) is 0 Å². The third-order valence-corrected chi connectivity index (χ3v) is 3.81. The average Bonchev–Trinajstić information content (AvgIpc) is 2.45. The van der Waals surface area contributed by atoms with Gasteiger partial charge in [-0.3, -0.25) is 0 Å². The average molecular weight is 325 g/mol. The second-order valence-electron chi connectivity index (χ2n) is 4.22. The zero-order valence-corrected chi connectivity index (χ0v) is 13.0.